The second-order valence-corrected chi connectivity index (χ2v) is 6.14. The Balaban J connectivity index is 1.72. The van der Waals surface area contributed by atoms with Crippen molar-refractivity contribution >= 4 is 0 Å². The van der Waals surface area contributed by atoms with Crippen LogP contribution in [-0.2, 0) is 0 Å². The van der Waals surface area contributed by atoms with Crippen molar-refractivity contribution < 1.29 is 0 Å². The zero-order chi connectivity index (χ0) is 12.8. The van der Waals surface area contributed by atoms with Gasteiger partial charge in [0.1, 0.15) is 0 Å². The summed E-state index contributed by atoms with van der Waals surface area (Å²) in [6, 6.07) is 1.47. The summed E-state index contributed by atoms with van der Waals surface area (Å²) in [5.74, 6) is 0. The van der Waals surface area contributed by atoms with Crippen LogP contribution in [0.15, 0.2) is 0 Å². The van der Waals surface area contributed by atoms with E-state index in [1.54, 1.807) is 0 Å². The smallest absolute Gasteiger partial charge is 0.0195 e. The first-order valence-electron chi connectivity index (χ1n) is 7.99. The van der Waals surface area contributed by atoms with Crippen LogP contribution in [0.2, 0.25) is 0 Å². The van der Waals surface area contributed by atoms with Crippen molar-refractivity contribution in [3.8, 4) is 0 Å². The van der Waals surface area contributed by atoms with Crippen molar-refractivity contribution in [2.45, 2.75) is 58.0 Å². The number of rotatable bonds is 6. The first-order valence-corrected chi connectivity index (χ1v) is 7.99. The molecule has 1 N–H and O–H groups in total. The number of nitrogens with zero attached hydrogens (tertiary/aromatic N) is 2. The summed E-state index contributed by atoms with van der Waals surface area (Å²) in [5.41, 5.74) is 0. The molecule has 0 aromatic rings. The molecule has 0 aromatic heterocycles. The fraction of sp³-hybridized carbons (Fsp3) is 1.00. The molecule has 2 unspecified atom stereocenters. The molecule has 18 heavy (non-hydrogen) atoms. The van der Waals surface area contributed by atoms with E-state index in [0.717, 1.165) is 12.1 Å². The van der Waals surface area contributed by atoms with Crippen molar-refractivity contribution in [1.82, 2.24) is 15.1 Å². The minimum atomic E-state index is 0.731. The Kier molecular flexibility index (Phi) is 5.93. The maximum absolute atomic E-state index is 3.69. The SMILES string of the molecule is CCCNC1CCCN(C(C)CN2CCCC2)C1. The Labute approximate surface area is 113 Å². The summed E-state index contributed by atoms with van der Waals surface area (Å²) in [6.45, 7) is 12.4. The Hall–Kier alpha value is -0.120. The Bertz CT molecular complexity index is 226. The van der Waals surface area contributed by atoms with Gasteiger partial charge in [-0.15, -0.1) is 0 Å². The molecule has 0 radical (unpaired) electrons. The Morgan fingerprint density at radius 1 is 1.17 bits per heavy atom. The number of hydrogen-bond acceptors (Lipinski definition) is 3. The molecule has 2 aliphatic rings. The highest BCUT2D eigenvalue weighted by Crippen LogP contribution is 2.16. The second kappa shape index (κ2) is 7.46. The minimum absolute atomic E-state index is 0.731. The summed E-state index contributed by atoms with van der Waals surface area (Å²) >= 11 is 0. The molecule has 2 aliphatic heterocycles. The first-order chi connectivity index (χ1) is 8.79. The van der Waals surface area contributed by atoms with E-state index in [1.807, 2.05) is 0 Å². The van der Waals surface area contributed by atoms with Crippen LogP contribution in [0.3, 0.4) is 0 Å². The predicted octanol–water partition coefficient (Wildman–Crippen LogP) is 1.93. The lowest BCUT2D eigenvalue weighted by Gasteiger charge is -2.38. The maximum atomic E-state index is 3.69. The third kappa shape index (κ3) is 4.22. The molecule has 106 valence electrons. The van der Waals surface area contributed by atoms with E-state index in [1.165, 1.54) is 71.4 Å². The van der Waals surface area contributed by atoms with Gasteiger partial charge in [0.05, 0.1) is 0 Å². The molecule has 0 saturated carbocycles. The lowest BCUT2D eigenvalue weighted by molar-refractivity contribution is 0.119. The first kappa shape index (κ1) is 14.3. The third-order valence-corrected chi connectivity index (χ3v) is 4.48. The van der Waals surface area contributed by atoms with Crippen LogP contribution in [0.5, 0.6) is 0 Å². The molecule has 0 aliphatic carbocycles. The van der Waals surface area contributed by atoms with E-state index in [-0.39, 0.29) is 0 Å². The largest absolute Gasteiger partial charge is 0.313 e. The van der Waals surface area contributed by atoms with Gasteiger partial charge in [-0.05, 0) is 65.2 Å². The molecule has 0 amide bonds. The predicted molar refractivity (Wildman–Crippen MR) is 78.0 cm³/mol. The summed E-state index contributed by atoms with van der Waals surface area (Å²) in [6.07, 6.45) is 6.80. The van der Waals surface area contributed by atoms with Crippen LogP contribution in [0.25, 0.3) is 0 Å². The number of nitrogens with one attached hydrogen (secondary N) is 1. The molecule has 3 heteroatoms. The Morgan fingerprint density at radius 2 is 1.94 bits per heavy atom. The monoisotopic (exact) mass is 253 g/mol. The fourth-order valence-electron chi connectivity index (χ4n) is 3.38. The lowest BCUT2D eigenvalue weighted by Crippen LogP contribution is -2.51. The highest BCUT2D eigenvalue weighted by Gasteiger charge is 2.24. The highest BCUT2D eigenvalue weighted by molar-refractivity contribution is 4.83. The topological polar surface area (TPSA) is 18.5 Å². The highest BCUT2D eigenvalue weighted by atomic mass is 15.2. The minimum Gasteiger partial charge on any atom is -0.313 e. The molecule has 2 rings (SSSR count). The van der Waals surface area contributed by atoms with Gasteiger partial charge in [-0.25, -0.2) is 0 Å². The third-order valence-electron chi connectivity index (χ3n) is 4.48. The van der Waals surface area contributed by atoms with E-state index in [0.29, 0.717) is 0 Å². The van der Waals surface area contributed by atoms with Gasteiger partial charge in [-0.2, -0.15) is 0 Å². The van der Waals surface area contributed by atoms with Crippen LogP contribution in [-0.4, -0.2) is 61.2 Å². The molecule has 0 spiro atoms. The molecule has 0 bridgehead atoms. The zero-order valence-corrected chi connectivity index (χ0v) is 12.3. The van der Waals surface area contributed by atoms with E-state index in [4.69, 9.17) is 0 Å². The summed E-state index contributed by atoms with van der Waals surface area (Å²) in [5, 5.41) is 3.69. The maximum Gasteiger partial charge on any atom is 0.0195 e. The van der Waals surface area contributed by atoms with Crippen molar-refractivity contribution in [1.29, 1.82) is 0 Å². The van der Waals surface area contributed by atoms with Gasteiger partial charge < -0.3 is 10.2 Å². The van der Waals surface area contributed by atoms with Crippen molar-refractivity contribution in [3.63, 3.8) is 0 Å². The van der Waals surface area contributed by atoms with Gasteiger partial charge >= 0.3 is 0 Å². The van der Waals surface area contributed by atoms with E-state index in [2.05, 4.69) is 29.0 Å². The average molecular weight is 253 g/mol. The van der Waals surface area contributed by atoms with Crippen molar-refractivity contribution in [2.24, 2.45) is 0 Å². The molecule has 2 atom stereocenters. The van der Waals surface area contributed by atoms with Crippen LogP contribution < -0.4 is 5.32 Å². The number of hydrogen-bond donors (Lipinski definition) is 1. The fourth-order valence-corrected chi connectivity index (χ4v) is 3.38. The number of piperidine rings is 1. The van der Waals surface area contributed by atoms with Crippen LogP contribution >= 0.6 is 0 Å². The van der Waals surface area contributed by atoms with E-state index in [9.17, 15) is 0 Å². The summed E-state index contributed by atoms with van der Waals surface area (Å²) in [4.78, 5) is 5.35. The summed E-state index contributed by atoms with van der Waals surface area (Å²) in [7, 11) is 0. The molecule has 3 nitrogen and oxygen atoms in total. The van der Waals surface area contributed by atoms with Crippen molar-refractivity contribution in [3.05, 3.63) is 0 Å². The van der Waals surface area contributed by atoms with Gasteiger partial charge in [0.2, 0.25) is 0 Å². The normalized spacial score (nSPS) is 28.7. The number of likely N-dealkylation sites (tertiary alicyclic amines) is 2. The van der Waals surface area contributed by atoms with Gasteiger partial charge in [-0.3, -0.25) is 4.90 Å². The van der Waals surface area contributed by atoms with Crippen molar-refractivity contribution in [2.75, 3.05) is 39.3 Å². The van der Waals surface area contributed by atoms with E-state index >= 15 is 0 Å². The molecular formula is C15H31N3. The van der Waals surface area contributed by atoms with Crippen LogP contribution in [0.4, 0.5) is 0 Å². The van der Waals surface area contributed by atoms with Gasteiger partial charge in [0, 0.05) is 25.2 Å². The van der Waals surface area contributed by atoms with Gasteiger partial charge in [0.25, 0.3) is 0 Å². The Morgan fingerprint density at radius 3 is 2.67 bits per heavy atom. The molecule has 0 aromatic carbocycles. The van der Waals surface area contributed by atoms with E-state index < -0.39 is 0 Å². The van der Waals surface area contributed by atoms with Gasteiger partial charge in [0.15, 0.2) is 0 Å². The molecule has 2 heterocycles. The molecule has 2 saturated heterocycles. The standard InChI is InChI=1S/C15H31N3/c1-3-8-16-15-7-6-11-18(13-15)14(2)12-17-9-4-5-10-17/h14-16H,3-13H2,1-2H3. The molecular weight excluding hydrogens is 222 g/mol. The zero-order valence-electron chi connectivity index (χ0n) is 12.3. The quantitative estimate of drug-likeness (QED) is 0.780. The van der Waals surface area contributed by atoms with Crippen LogP contribution in [0.1, 0.15) is 46.0 Å². The average Bonchev–Trinajstić information content (AvgIpc) is 2.89. The second-order valence-electron chi connectivity index (χ2n) is 6.14. The summed E-state index contributed by atoms with van der Waals surface area (Å²) < 4.78 is 0. The molecule has 2 fully saturated rings. The lowest BCUT2D eigenvalue weighted by atomic mass is 10.0. The van der Waals surface area contributed by atoms with Crippen LogP contribution in [0, 0.1) is 0 Å². The van der Waals surface area contributed by atoms with Gasteiger partial charge in [-0.1, -0.05) is 6.92 Å².